The largest absolute Gasteiger partial charge is 0.326 e. The molecule has 0 aliphatic carbocycles. The van der Waals surface area contributed by atoms with Crippen molar-refractivity contribution in [3.8, 4) is 0 Å². The molecule has 1 fully saturated rings. The quantitative estimate of drug-likeness (QED) is 0.902. The van der Waals surface area contributed by atoms with Gasteiger partial charge in [0, 0.05) is 31.5 Å². The van der Waals surface area contributed by atoms with Gasteiger partial charge in [-0.2, -0.15) is 5.10 Å². The smallest absolute Gasteiger partial charge is 0.151 e. The number of aryl methyl sites for hydroxylation is 1. The summed E-state index contributed by atoms with van der Waals surface area (Å²) in [6.45, 7) is 7.86. The van der Waals surface area contributed by atoms with Gasteiger partial charge in [-0.25, -0.2) is 9.67 Å². The molecular weight excluding hydrogens is 250 g/mol. The Morgan fingerprint density at radius 2 is 2.15 bits per heavy atom. The van der Waals surface area contributed by atoms with E-state index in [4.69, 9.17) is 10.7 Å². The van der Waals surface area contributed by atoms with E-state index in [9.17, 15) is 0 Å². The molecule has 1 aromatic rings. The fraction of sp³-hybridized carbons (Fsp3) is 0.867. The summed E-state index contributed by atoms with van der Waals surface area (Å²) in [7, 11) is 0. The van der Waals surface area contributed by atoms with Gasteiger partial charge in [0.1, 0.15) is 5.82 Å². The molecular formula is C15H27N5. The van der Waals surface area contributed by atoms with Crippen LogP contribution in [0.5, 0.6) is 0 Å². The Bertz CT molecular complexity index is 453. The average Bonchev–Trinajstić information content (AvgIpc) is 2.80. The highest BCUT2D eigenvalue weighted by molar-refractivity contribution is 4.99. The van der Waals surface area contributed by atoms with Crippen molar-refractivity contribution in [3.63, 3.8) is 0 Å². The van der Waals surface area contributed by atoms with Crippen LogP contribution in [0.3, 0.4) is 0 Å². The van der Waals surface area contributed by atoms with Crippen LogP contribution < -0.4 is 5.73 Å². The van der Waals surface area contributed by atoms with E-state index in [0.29, 0.717) is 12.0 Å². The summed E-state index contributed by atoms with van der Waals surface area (Å²) < 4.78 is 2.03. The summed E-state index contributed by atoms with van der Waals surface area (Å²) in [5.41, 5.74) is 6.00. The summed E-state index contributed by atoms with van der Waals surface area (Å²) >= 11 is 0. The zero-order valence-corrected chi connectivity index (χ0v) is 12.8. The first-order chi connectivity index (χ1) is 9.61. The Balaban J connectivity index is 1.63. The third kappa shape index (κ3) is 3.04. The number of hydrogen-bond acceptors (Lipinski definition) is 4. The average molecular weight is 277 g/mol. The minimum Gasteiger partial charge on any atom is -0.326 e. The number of likely N-dealkylation sites (tertiary alicyclic amines) is 1. The van der Waals surface area contributed by atoms with E-state index >= 15 is 0 Å². The number of hydrogen-bond donors (Lipinski definition) is 1. The molecule has 1 aromatic heterocycles. The third-order valence-electron chi connectivity index (χ3n) is 4.69. The Hall–Kier alpha value is -0.940. The Morgan fingerprint density at radius 3 is 2.95 bits per heavy atom. The fourth-order valence-corrected chi connectivity index (χ4v) is 3.46. The molecule has 0 bridgehead atoms. The minimum atomic E-state index is 0.253. The van der Waals surface area contributed by atoms with Crippen molar-refractivity contribution < 1.29 is 0 Å². The predicted molar refractivity (Wildman–Crippen MR) is 79.5 cm³/mol. The van der Waals surface area contributed by atoms with Crippen molar-refractivity contribution in [2.75, 3.05) is 13.1 Å². The zero-order valence-electron chi connectivity index (χ0n) is 12.8. The van der Waals surface area contributed by atoms with Gasteiger partial charge in [-0.05, 0) is 45.6 Å². The van der Waals surface area contributed by atoms with Gasteiger partial charge in [0.05, 0.1) is 6.54 Å². The first-order valence-electron chi connectivity index (χ1n) is 8.04. The Morgan fingerprint density at radius 1 is 1.30 bits per heavy atom. The summed E-state index contributed by atoms with van der Waals surface area (Å²) in [4.78, 5) is 7.31. The number of nitrogens with two attached hydrogens (primary N) is 1. The van der Waals surface area contributed by atoms with Crippen molar-refractivity contribution in [3.05, 3.63) is 11.6 Å². The highest BCUT2D eigenvalue weighted by Crippen LogP contribution is 2.22. The number of nitrogens with zero attached hydrogens (tertiary/aromatic N) is 4. The molecule has 5 nitrogen and oxygen atoms in total. The SMILES string of the molecule is CC(C)N1CCCC(Cc2nc3n(n2)CC(N)CC3)C1. The summed E-state index contributed by atoms with van der Waals surface area (Å²) in [5.74, 6) is 2.88. The van der Waals surface area contributed by atoms with Gasteiger partial charge in [-0.15, -0.1) is 0 Å². The zero-order chi connectivity index (χ0) is 14.1. The highest BCUT2D eigenvalue weighted by Gasteiger charge is 2.24. The molecule has 0 saturated carbocycles. The summed E-state index contributed by atoms with van der Waals surface area (Å²) in [6.07, 6.45) is 5.67. The lowest BCUT2D eigenvalue weighted by Gasteiger charge is -2.35. The molecule has 2 unspecified atom stereocenters. The van der Waals surface area contributed by atoms with Crippen LogP contribution in [-0.4, -0.2) is 44.8 Å². The normalized spacial score (nSPS) is 27.8. The maximum absolute atomic E-state index is 6.00. The molecule has 2 aliphatic rings. The number of rotatable bonds is 3. The van der Waals surface area contributed by atoms with Gasteiger partial charge >= 0.3 is 0 Å². The second kappa shape index (κ2) is 5.82. The van der Waals surface area contributed by atoms with Gasteiger partial charge in [0.15, 0.2) is 5.82 Å². The van der Waals surface area contributed by atoms with Crippen molar-refractivity contribution in [1.29, 1.82) is 0 Å². The van der Waals surface area contributed by atoms with Crippen molar-refractivity contribution in [1.82, 2.24) is 19.7 Å². The van der Waals surface area contributed by atoms with Crippen LogP contribution in [0.4, 0.5) is 0 Å². The van der Waals surface area contributed by atoms with Crippen LogP contribution in [-0.2, 0) is 19.4 Å². The molecule has 0 spiro atoms. The topological polar surface area (TPSA) is 60.0 Å². The van der Waals surface area contributed by atoms with Crippen LogP contribution in [0.1, 0.15) is 44.8 Å². The molecule has 1 saturated heterocycles. The second-order valence-corrected chi connectivity index (χ2v) is 6.73. The third-order valence-corrected chi connectivity index (χ3v) is 4.69. The van der Waals surface area contributed by atoms with Gasteiger partial charge in [0.2, 0.25) is 0 Å². The monoisotopic (exact) mass is 277 g/mol. The molecule has 20 heavy (non-hydrogen) atoms. The van der Waals surface area contributed by atoms with Crippen molar-refractivity contribution >= 4 is 0 Å². The first-order valence-corrected chi connectivity index (χ1v) is 8.04. The molecule has 112 valence electrons. The lowest BCUT2D eigenvalue weighted by molar-refractivity contribution is 0.138. The Kier molecular flexibility index (Phi) is 4.08. The van der Waals surface area contributed by atoms with Crippen LogP contribution >= 0.6 is 0 Å². The molecule has 0 radical (unpaired) electrons. The maximum atomic E-state index is 6.00. The van der Waals surface area contributed by atoms with E-state index in [1.54, 1.807) is 0 Å². The number of aromatic nitrogens is 3. The molecule has 2 aliphatic heterocycles. The van der Waals surface area contributed by atoms with Crippen molar-refractivity contribution in [2.45, 2.75) is 64.6 Å². The van der Waals surface area contributed by atoms with E-state index in [0.717, 1.165) is 37.5 Å². The lowest BCUT2D eigenvalue weighted by atomic mass is 9.94. The van der Waals surface area contributed by atoms with E-state index in [1.165, 1.54) is 25.9 Å². The summed E-state index contributed by atoms with van der Waals surface area (Å²) in [6, 6.07) is 0.905. The van der Waals surface area contributed by atoms with Crippen LogP contribution in [0, 0.1) is 5.92 Å². The lowest BCUT2D eigenvalue weighted by Crippen LogP contribution is -2.40. The predicted octanol–water partition coefficient (Wildman–Crippen LogP) is 1.21. The number of piperidine rings is 1. The van der Waals surface area contributed by atoms with Gasteiger partial charge in [-0.1, -0.05) is 0 Å². The van der Waals surface area contributed by atoms with Crippen LogP contribution in [0.15, 0.2) is 0 Å². The van der Waals surface area contributed by atoms with E-state index < -0.39 is 0 Å². The molecule has 5 heteroatoms. The van der Waals surface area contributed by atoms with E-state index in [-0.39, 0.29) is 6.04 Å². The minimum absolute atomic E-state index is 0.253. The summed E-state index contributed by atoms with van der Waals surface area (Å²) in [5, 5.41) is 4.67. The molecule has 2 N–H and O–H groups in total. The molecule has 0 amide bonds. The van der Waals surface area contributed by atoms with E-state index in [1.807, 2.05) is 4.68 Å². The number of fused-ring (bicyclic) bond motifs is 1. The second-order valence-electron chi connectivity index (χ2n) is 6.73. The molecule has 0 aromatic carbocycles. The van der Waals surface area contributed by atoms with Gasteiger partial charge < -0.3 is 10.6 Å². The van der Waals surface area contributed by atoms with Crippen LogP contribution in [0.25, 0.3) is 0 Å². The molecule has 2 atom stereocenters. The van der Waals surface area contributed by atoms with Crippen LogP contribution in [0.2, 0.25) is 0 Å². The highest BCUT2D eigenvalue weighted by atomic mass is 15.4. The van der Waals surface area contributed by atoms with Crippen molar-refractivity contribution in [2.24, 2.45) is 11.7 Å². The Labute approximate surface area is 121 Å². The molecule has 3 heterocycles. The van der Waals surface area contributed by atoms with Gasteiger partial charge in [-0.3, -0.25) is 0 Å². The maximum Gasteiger partial charge on any atom is 0.151 e. The van der Waals surface area contributed by atoms with Gasteiger partial charge in [0.25, 0.3) is 0 Å². The fourth-order valence-electron chi connectivity index (χ4n) is 3.46. The molecule has 3 rings (SSSR count). The first kappa shape index (κ1) is 14.0. The van der Waals surface area contributed by atoms with E-state index in [2.05, 4.69) is 23.8 Å². The standard InChI is InChI=1S/C15H27N5/c1-11(2)19-7-3-4-12(9-19)8-14-17-15-6-5-13(16)10-20(15)18-14/h11-13H,3-10,16H2,1-2H3.